The van der Waals surface area contributed by atoms with Crippen LogP contribution in [0.15, 0.2) is 71.6 Å². The van der Waals surface area contributed by atoms with Gasteiger partial charge in [-0.15, -0.1) is 11.8 Å². The third kappa shape index (κ3) is 7.11. The minimum atomic E-state index is -0.241. The van der Waals surface area contributed by atoms with Crippen molar-refractivity contribution >= 4 is 46.6 Å². The Morgan fingerprint density at radius 2 is 1.70 bits per heavy atom. The van der Waals surface area contributed by atoms with E-state index in [1.807, 2.05) is 68.4 Å². The van der Waals surface area contributed by atoms with E-state index >= 15 is 0 Å². The summed E-state index contributed by atoms with van der Waals surface area (Å²) in [6.07, 6.45) is 1.82. The standard InChI is InChI=1S/C27H29ClN2O2S/c1-4-20-9-6-8-18(3)26(20)30-27(32)24(5-2)33-23-11-7-10-22(17-23)29-25(31)16-19-12-14-21(28)15-13-19/h6-15,17,24H,4-5,16H2,1-3H3,(H,29,31)(H,30,32). The highest BCUT2D eigenvalue weighted by Crippen LogP contribution is 2.30. The zero-order valence-electron chi connectivity index (χ0n) is 19.2. The molecule has 6 heteroatoms. The topological polar surface area (TPSA) is 58.2 Å². The van der Waals surface area contributed by atoms with Gasteiger partial charge in [-0.2, -0.15) is 0 Å². The van der Waals surface area contributed by atoms with Crippen LogP contribution in [0.2, 0.25) is 5.02 Å². The Morgan fingerprint density at radius 3 is 2.39 bits per heavy atom. The third-order valence-corrected chi connectivity index (χ3v) is 6.94. The number of hydrogen-bond acceptors (Lipinski definition) is 3. The van der Waals surface area contributed by atoms with Crippen molar-refractivity contribution in [1.29, 1.82) is 0 Å². The van der Waals surface area contributed by atoms with Crippen molar-refractivity contribution < 1.29 is 9.59 Å². The SMILES string of the molecule is CCc1cccc(C)c1NC(=O)C(CC)Sc1cccc(NC(=O)Cc2ccc(Cl)cc2)c1. The van der Waals surface area contributed by atoms with Crippen LogP contribution < -0.4 is 10.6 Å². The number of nitrogens with one attached hydrogen (secondary N) is 2. The zero-order valence-corrected chi connectivity index (χ0v) is 20.7. The average molecular weight is 481 g/mol. The van der Waals surface area contributed by atoms with Gasteiger partial charge in [-0.1, -0.05) is 61.8 Å². The minimum Gasteiger partial charge on any atom is -0.326 e. The molecule has 33 heavy (non-hydrogen) atoms. The largest absolute Gasteiger partial charge is 0.326 e. The van der Waals surface area contributed by atoms with Crippen LogP contribution in [-0.4, -0.2) is 17.1 Å². The van der Waals surface area contributed by atoms with Crippen molar-refractivity contribution in [3.05, 3.63) is 88.4 Å². The van der Waals surface area contributed by atoms with E-state index in [-0.39, 0.29) is 23.5 Å². The van der Waals surface area contributed by atoms with Crippen LogP contribution in [0, 0.1) is 6.92 Å². The van der Waals surface area contributed by atoms with Gasteiger partial charge >= 0.3 is 0 Å². The minimum absolute atomic E-state index is 0.0105. The van der Waals surface area contributed by atoms with Gasteiger partial charge in [0.1, 0.15) is 0 Å². The molecule has 0 radical (unpaired) electrons. The van der Waals surface area contributed by atoms with Crippen molar-refractivity contribution in [3.63, 3.8) is 0 Å². The van der Waals surface area contributed by atoms with Gasteiger partial charge in [0.25, 0.3) is 0 Å². The highest BCUT2D eigenvalue weighted by molar-refractivity contribution is 8.00. The Bertz CT molecular complexity index is 1120. The van der Waals surface area contributed by atoms with Crippen molar-refractivity contribution in [2.45, 2.75) is 50.2 Å². The molecular weight excluding hydrogens is 452 g/mol. The molecule has 2 N–H and O–H groups in total. The van der Waals surface area contributed by atoms with Crippen molar-refractivity contribution in [3.8, 4) is 0 Å². The molecule has 3 rings (SSSR count). The van der Waals surface area contributed by atoms with Gasteiger partial charge in [-0.3, -0.25) is 9.59 Å². The molecule has 0 fully saturated rings. The quantitative estimate of drug-likeness (QED) is 0.327. The van der Waals surface area contributed by atoms with Gasteiger partial charge in [0.2, 0.25) is 11.8 Å². The lowest BCUT2D eigenvalue weighted by Crippen LogP contribution is -2.25. The molecule has 0 aliphatic carbocycles. The molecular formula is C27H29ClN2O2S. The molecule has 0 heterocycles. The number of benzene rings is 3. The number of thioether (sulfide) groups is 1. The number of halogens is 1. The predicted molar refractivity (Wildman–Crippen MR) is 139 cm³/mol. The first-order chi connectivity index (χ1) is 15.9. The van der Waals surface area contributed by atoms with E-state index in [0.29, 0.717) is 17.1 Å². The third-order valence-electron chi connectivity index (χ3n) is 5.33. The van der Waals surface area contributed by atoms with E-state index in [2.05, 4.69) is 17.6 Å². The first kappa shape index (κ1) is 24.9. The van der Waals surface area contributed by atoms with Crippen molar-refractivity contribution in [2.75, 3.05) is 10.6 Å². The van der Waals surface area contributed by atoms with Crippen LogP contribution in [0.4, 0.5) is 11.4 Å². The van der Waals surface area contributed by atoms with Crippen LogP contribution in [0.25, 0.3) is 0 Å². The summed E-state index contributed by atoms with van der Waals surface area (Å²) in [6, 6.07) is 20.9. The number of rotatable bonds is 9. The van der Waals surface area contributed by atoms with E-state index in [1.54, 1.807) is 12.1 Å². The summed E-state index contributed by atoms with van der Waals surface area (Å²) in [4.78, 5) is 26.4. The normalized spacial score (nSPS) is 11.6. The molecule has 0 aliphatic heterocycles. The van der Waals surface area contributed by atoms with Crippen LogP contribution >= 0.6 is 23.4 Å². The van der Waals surface area contributed by atoms with Crippen LogP contribution in [0.5, 0.6) is 0 Å². The van der Waals surface area contributed by atoms with Gasteiger partial charge in [0, 0.05) is 21.3 Å². The highest BCUT2D eigenvalue weighted by atomic mass is 35.5. The molecule has 0 aromatic heterocycles. The smallest absolute Gasteiger partial charge is 0.237 e. The average Bonchev–Trinajstić information content (AvgIpc) is 2.80. The van der Waals surface area contributed by atoms with E-state index < -0.39 is 0 Å². The monoisotopic (exact) mass is 480 g/mol. The first-order valence-corrected chi connectivity index (χ1v) is 12.4. The number of amides is 2. The molecule has 0 spiro atoms. The van der Waals surface area contributed by atoms with E-state index in [1.165, 1.54) is 11.8 Å². The fraction of sp³-hybridized carbons (Fsp3) is 0.259. The summed E-state index contributed by atoms with van der Waals surface area (Å²) in [5.74, 6) is -0.111. The fourth-order valence-corrected chi connectivity index (χ4v) is 4.67. The molecule has 4 nitrogen and oxygen atoms in total. The van der Waals surface area contributed by atoms with E-state index in [4.69, 9.17) is 11.6 Å². The van der Waals surface area contributed by atoms with Crippen molar-refractivity contribution in [1.82, 2.24) is 0 Å². The Morgan fingerprint density at radius 1 is 0.970 bits per heavy atom. The second-order valence-electron chi connectivity index (χ2n) is 7.85. The molecule has 0 bridgehead atoms. The van der Waals surface area contributed by atoms with Crippen LogP contribution in [-0.2, 0) is 22.4 Å². The van der Waals surface area contributed by atoms with Crippen LogP contribution in [0.3, 0.4) is 0 Å². The number of carbonyl (C=O) groups is 2. The lowest BCUT2D eigenvalue weighted by molar-refractivity contribution is -0.116. The molecule has 3 aromatic carbocycles. The van der Waals surface area contributed by atoms with E-state index in [0.717, 1.165) is 33.7 Å². The van der Waals surface area contributed by atoms with Gasteiger partial charge in [-0.05, 0) is 66.8 Å². The number of hydrogen-bond donors (Lipinski definition) is 2. The highest BCUT2D eigenvalue weighted by Gasteiger charge is 2.20. The maximum absolute atomic E-state index is 13.0. The van der Waals surface area contributed by atoms with Gasteiger partial charge in [0.15, 0.2) is 0 Å². The maximum Gasteiger partial charge on any atom is 0.237 e. The Balaban J connectivity index is 1.64. The molecule has 1 unspecified atom stereocenters. The van der Waals surface area contributed by atoms with E-state index in [9.17, 15) is 9.59 Å². The molecule has 0 saturated carbocycles. The fourth-order valence-electron chi connectivity index (χ4n) is 3.53. The Labute approximate surface area is 205 Å². The lowest BCUT2D eigenvalue weighted by atomic mass is 10.1. The van der Waals surface area contributed by atoms with Crippen LogP contribution in [0.1, 0.15) is 37.0 Å². The molecule has 1 atom stereocenters. The summed E-state index contributed by atoms with van der Waals surface area (Å²) in [5, 5.41) is 6.49. The summed E-state index contributed by atoms with van der Waals surface area (Å²) in [7, 11) is 0. The van der Waals surface area contributed by atoms with Crippen molar-refractivity contribution in [2.24, 2.45) is 0 Å². The second-order valence-corrected chi connectivity index (χ2v) is 9.56. The zero-order chi connectivity index (χ0) is 23.8. The Kier molecular flexibility index (Phi) is 8.98. The number of para-hydroxylation sites is 1. The summed E-state index contributed by atoms with van der Waals surface area (Å²) in [6.45, 7) is 6.11. The molecule has 2 amide bonds. The summed E-state index contributed by atoms with van der Waals surface area (Å²) in [5.41, 5.74) is 4.71. The Hall–Kier alpha value is -2.76. The second kappa shape index (κ2) is 11.9. The molecule has 172 valence electrons. The predicted octanol–water partition coefficient (Wildman–Crippen LogP) is 6.90. The summed E-state index contributed by atoms with van der Waals surface area (Å²) < 4.78 is 0. The lowest BCUT2D eigenvalue weighted by Gasteiger charge is -2.18. The van der Waals surface area contributed by atoms with Gasteiger partial charge in [-0.25, -0.2) is 0 Å². The first-order valence-electron chi connectivity index (χ1n) is 11.1. The number of anilines is 2. The number of carbonyl (C=O) groups excluding carboxylic acids is 2. The number of aryl methyl sites for hydroxylation is 2. The van der Waals surface area contributed by atoms with Gasteiger partial charge in [0.05, 0.1) is 11.7 Å². The molecule has 0 aliphatic rings. The molecule has 0 saturated heterocycles. The molecule has 3 aromatic rings. The van der Waals surface area contributed by atoms with Gasteiger partial charge < -0.3 is 10.6 Å². The summed E-state index contributed by atoms with van der Waals surface area (Å²) >= 11 is 7.41. The maximum atomic E-state index is 13.0.